The molecule has 1 saturated heterocycles. The predicted octanol–water partition coefficient (Wildman–Crippen LogP) is 4.98. The maximum atomic E-state index is 13.6. The van der Waals surface area contributed by atoms with Crippen molar-refractivity contribution in [1.29, 1.82) is 0 Å². The van der Waals surface area contributed by atoms with Crippen molar-refractivity contribution in [3.8, 4) is 0 Å². The molecule has 1 fully saturated rings. The first kappa shape index (κ1) is 22.8. The molecule has 2 aromatic carbocycles. The minimum atomic E-state index is -1.19. The van der Waals surface area contributed by atoms with E-state index in [1.54, 1.807) is 4.90 Å². The number of fused-ring (bicyclic) bond motifs is 1. The lowest BCUT2D eigenvalue weighted by Crippen LogP contribution is -2.38. The third kappa shape index (κ3) is 4.42. The van der Waals surface area contributed by atoms with E-state index < -0.39 is 11.8 Å². The Labute approximate surface area is 205 Å². The Morgan fingerprint density at radius 2 is 1.80 bits per heavy atom. The summed E-state index contributed by atoms with van der Waals surface area (Å²) in [7, 11) is 0. The van der Waals surface area contributed by atoms with Crippen molar-refractivity contribution < 1.29 is 19.1 Å². The molecule has 0 bridgehead atoms. The maximum absolute atomic E-state index is 13.6. The third-order valence-corrected chi connectivity index (χ3v) is 6.54. The normalized spacial score (nSPS) is 14.3. The molecule has 0 saturated carbocycles. The first-order valence-electron chi connectivity index (χ1n) is 11.1. The zero-order valence-electron chi connectivity index (χ0n) is 18.5. The molecule has 3 heterocycles. The van der Waals surface area contributed by atoms with Crippen LogP contribution in [0.25, 0.3) is 5.65 Å². The molecule has 35 heavy (non-hydrogen) atoms. The van der Waals surface area contributed by atoms with E-state index in [0.29, 0.717) is 24.7 Å². The van der Waals surface area contributed by atoms with Gasteiger partial charge in [0.2, 0.25) is 0 Å². The van der Waals surface area contributed by atoms with Crippen molar-refractivity contribution >= 4 is 40.6 Å². The van der Waals surface area contributed by atoms with Crippen LogP contribution in [0.4, 0.5) is 15.9 Å². The standard InChI is InChI=1S/C25H21ClFN5O3/c26-20-12-17(27)6-7-21(20)30-23-18(13-28-22-19(25(34)35)14-29-32(22)23)24(33)31-10-8-16(9-11-31)15-4-2-1-3-5-15/h1-7,12-14,16,30H,8-11H2,(H,34,35). The van der Waals surface area contributed by atoms with Crippen LogP contribution in [0.1, 0.15) is 45.0 Å². The van der Waals surface area contributed by atoms with E-state index in [0.717, 1.165) is 18.9 Å². The Bertz CT molecular complexity index is 1420. The number of nitrogens with zero attached hydrogens (tertiary/aromatic N) is 4. The Morgan fingerprint density at radius 1 is 1.06 bits per heavy atom. The zero-order valence-corrected chi connectivity index (χ0v) is 19.2. The smallest absolute Gasteiger partial charge is 0.341 e. The highest BCUT2D eigenvalue weighted by Crippen LogP contribution is 2.32. The van der Waals surface area contributed by atoms with Gasteiger partial charge < -0.3 is 15.3 Å². The molecule has 2 N–H and O–H groups in total. The Hall–Kier alpha value is -3.98. The Morgan fingerprint density at radius 3 is 2.49 bits per heavy atom. The van der Waals surface area contributed by atoms with Crippen molar-refractivity contribution in [2.75, 3.05) is 18.4 Å². The topological polar surface area (TPSA) is 99.8 Å². The van der Waals surface area contributed by atoms with Crippen LogP contribution in [0.5, 0.6) is 0 Å². The molecule has 178 valence electrons. The number of carbonyl (C=O) groups excluding carboxylic acids is 1. The third-order valence-electron chi connectivity index (χ3n) is 6.22. The molecule has 1 aliphatic rings. The first-order valence-corrected chi connectivity index (χ1v) is 11.5. The monoisotopic (exact) mass is 493 g/mol. The largest absolute Gasteiger partial charge is 0.477 e. The lowest BCUT2D eigenvalue weighted by atomic mass is 9.89. The quantitative estimate of drug-likeness (QED) is 0.406. The van der Waals surface area contributed by atoms with Gasteiger partial charge in [0, 0.05) is 19.3 Å². The molecular weight excluding hydrogens is 473 g/mol. The van der Waals surface area contributed by atoms with Crippen LogP contribution in [0.2, 0.25) is 5.02 Å². The van der Waals surface area contributed by atoms with Gasteiger partial charge in [0.05, 0.1) is 16.9 Å². The number of hydrogen-bond acceptors (Lipinski definition) is 5. The van der Waals surface area contributed by atoms with Gasteiger partial charge in [0.25, 0.3) is 5.91 Å². The van der Waals surface area contributed by atoms with Crippen LogP contribution in [-0.2, 0) is 0 Å². The van der Waals surface area contributed by atoms with Gasteiger partial charge in [0.15, 0.2) is 5.65 Å². The van der Waals surface area contributed by atoms with E-state index in [4.69, 9.17) is 11.6 Å². The second-order valence-electron chi connectivity index (χ2n) is 8.35. The fourth-order valence-electron chi connectivity index (χ4n) is 4.39. The van der Waals surface area contributed by atoms with Gasteiger partial charge in [-0.15, -0.1) is 0 Å². The van der Waals surface area contributed by atoms with Crippen LogP contribution < -0.4 is 5.32 Å². The summed E-state index contributed by atoms with van der Waals surface area (Å²) in [6.07, 6.45) is 4.16. The summed E-state index contributed by atoms with van der Waals surface area (Å²) in [6.45, 7) is 1.12. The number of rotatable bonds is 5. The minimum absolute atomic E-state index is 0.0672. The van der Waals surface area contributed by atoms with E-state index in [2.05, 4.69) is 27.5 Å². The number of carbonyl (C=O) groups is 2. The predicted molar refractivity (Wildman–Crippen MR) is 129 cm³/mol. The van der Waals surface area contributed by atoms with Crippen LogP contribution >= 0.6 is 11.6 Å². The molecule has 1 aliphatic heterocycles. The van der Waals surface area contributed by atoms with Crippen LogP contribution in [0.15, 0.2) is 60.9 Å². The van der Waals surface area contributed by atoms with Gasteiger partial charge in [-0.2, -0.15) is 9.61 Å². The highest BCUT2D eigenvalue weighted by atomic mass is 35.5. The zero-order chi connectivity index (χ0) is 24.5. The fourth-order valence-corrected chi connectivity index (χ4v) is 4.60. The van der Waals surface area contributed by atoms with Crippen molar-refractivity contribution in [1.82, 2.24) is 19.5 Å². The number of aromatic nitrogens is 3. The molecule has 8 nitrogen and oxygen atoms in total. The van der Waals surface area contributed by atoms with Crippen LogP contribution in [0.3, 0.4) is 0 Å². The molecule has 0 atom stereocenters. The average Bonchev–Trinajstić information content (AvgIpc) is 3.31. The molecule has 0 unspecified atom stereocenters. The number of halogens is 2. The number of piperidine rings is 1. The summed E-state index contributed by atoms with van der Waals surface area (Å²) < 4.78 is 14.8. The molecule has 4 aromatic rings. The fraction of sp³-hybridized carbons (Fsp3) is 0.200. The number of carboxylic acids is 1. The van der Waals surface area contributed by atoms with Gasteiger partial charge in [-0.3, -0.25) is 4.79 Å². The molecule has 1 amide bonds. The summed E-state index contributed by atoms with van der Waals surface area (Å²) in [5.74, 6) is -1.39. The summed E-state index contributed by atoms with van der Waals surface area (Å²) in [6, 6.07) is 14.0. The number of likely N-dealkylation sites (tertiary alicyclic amines) is 1. The second-order valence-corrected chi connectivity index (χ2v) is 8.75. The number of nitrogens with one attached hydrogen (secondary N) is 1. The van der Waals surface area contributed by atoms with Crippen molar-refractivity contribution in [2.24, 2.45) is 0 Å². The van der Waals surface area contributed by atoms with Gasteiger partial charge in [-0.1, -0.05) is 41.9 Å². The van der Waals surface area contributed by atoms with E-state index >= 15 is 0 Å². The highest BCUT2D eigenvalue weighted by Gasteiger charge is 2.28. The highest BCUT2D eigenvalue weighted by molar-refractivity contribution is 6.33. The second kappa shape index (κ2) is 9.34. The molecule has 0 spiro atoms. The van der Waals surface area contributed by atoms with Gasteiger partial charge in [0.1, 0.15) is 22.8 Å². The molecule has 10 heteroatoms. The lowest BCUT2D eigenvalue weighted by Gasteiger charge is -2.32. The Balaban J connectivity index is 1.48. The summed E-state index contributed by atoms with van der Waals surface area (Å²) >= 11 is 6.20. The summed E-state index contributed by atoms with van der Waals surface area (Å²) in [5, 5.41) is 16.8. The van der Waals surface area contributed by atoms with Gasteiger partial charge in [-0.25, -0.2) is 14.2 Å². The molecular formula is C25H21ClFN5O3. The number of aromatic carboxylic acids is 1. The number of carboxylic acid groups (broad SMARTS) is 1. The maximum Gasteiger partial charge on any atom is 0.341 e. The van der Waals surface area contributed by atoms with E-state index in [9.17, 15) is 19.1 Å². The number of hydrogen-bond donors (Lipinski definition) is 2. The van der Waals surface area contributed by atoms with Crippen molar-refractivity contribution in [3.63, 3.8) is 0 Å². The number of benzene rings is 2. The number of anilines is 2. The van der Waals surface area contributed by atoms with Crippen molar-refractivity contribution in [3.05, 3.63) is 88.5 Å². The molecule has 0 aliphatic carbocycles. The molecule has 0 radical (unpaired) electrons. The minimum Gasteiger partial charge on any atom is -0.477 e. The first-order chi connectivity index (χ1) is 16.9. The van der Waals surface area contributed by atoms with Gasteiger partial charge in [-0.05, 0) is 42.5 Å². The van der Waals surface area contributed by atoms with E-state index in [1.165, 1.54) is 34.6 Å². The summed E-state index contributed by atoms with van der Waals surface area (Å²) in [5.41, 5.74) is 1.76. The SMILES string of the molecule is O=C(O)c1cnn2c(Nc3ccc(F)cc3Cl)c(C(=O)N3CCC(c4ccccc4)CC3)cnc12. The average molecular weight is 494 g/mol. The van der Waals surface area contributed by atoms with Crippen molar-refractivity contribution in [2.45, 2.75) is 18.8 Å². The van der Waals surface area contributed by atoms with Crippen LogP contribution in [0, 0.1) is 5.82 Å². The van der Waals surface area contributed by atoms with E-state index in [-0.39, 0.29) is 33.5 Å². The summed E-state index contributed by atoms with van der Waals surface area (Å²) in [4.78, 5) is 31.1. The van der Waals surface area contributed by atoms with Crippen LogP contribution in [-0.4, -0.2) is 49.6 Å². The lowest BCUT2D eigenvalue weighted by molar-refractivity contribution is 0.0695. The van der Waals surface area contributed by atoms with E-state index in [1.807, 2.05) is 18.2 Å². The van der Waals surface area contributed by atoms with Gasteiger partial charge >= 0.3 is 5.97 Å². The Kier molecular flexibility index (Phi) is 6.08. The number of amides is 1. The molecule has 5 rings (SSSR count). The molecule has 2 aromatic heterocycles.